The van der Waals surface area contributed by atoms with Crippen LogP contribution in [0.1, 0.15) is 6.93 Å². The maximum atomic E-state index is 10.6. The molecule has 0 spiro atoms. The predicted molar refractivity (Wildman–Crippen MR) is 51.8 cm³/mol. The summed E-state index contributed by atoms with van der Waals surface area (Å²) in [4.78, 5) is 10.6. The molecule has 0 aliphatic carbocycles. The van der Waals surface area contributed by atoms with E-state index >= 15 is 0 Å². The average Bonchev–Trinajstić information content (AvgIpc) is 2.26. The Morgan fingerprint density at radius 2 is 2.14 bits per heavy atom. The molecular weight excluding hydrogens is 182 g/mol. The van der Waals surface area contributed by atoms with Crippen LogP contribution in [0.15, 0.2) is 30.3 Å². The Hall–Kier alpha value is -1.39. The lowest BCUT2D eigenvalue weighted by Crippen LogP contribution is -2.39. The average molecular weight is 196 g/mol. The summed E-state index contributed by atoms with van der Waals surface area (Å²) in [6.07, 6.45) is 0. The van der Waals surface area contributed by atoms with Crippen LogP contribution in [0.4, 0.5) is 0 Å². The first-order valence-corrected chi connectivity index (χ1v) is 4.22. The monoisotopic (exact) mass is 196 g/mol. The van der Waals surface area contributed by atoms with Gasteiger partial charge in [-0.1, -0.05) is 30.3 Å². The van der Waals surface area contributed by atoms with Gasteiger partial charge < -0.3 is 10.2 Å². The zero-order valence-electron chi connectivity index (χ0n) is 8.55. The molecular formula is C10H13NO3. The summed E-state index contributed by atoms with van der Waals surface area (Å²) in [6, 6.07) is 7.70. The normalized spacial score (nSPS) is 15.6. The fourth-order valence-electron chi connectivity index (χ4n) is 0.948. The third-order valence-electron chi connectivity index (χ3n) is 1.73. The van der Waals surface area contributed by atoms with Crippen LogP contribution in [0, 0.1) is 0 Å². The molecule has 0 fully saturated rings. The maximum absolute atomic E-state index is 10.6. The van der Waals surface area contributed by atoms with Gasteiger partial charge in [0.15, 0.2) is 0 Å². The highest BCUT2D eigenvalue weighted by molar-refractivity contribution is 5.73. The lowest BCUT2D eigenvalue weighted by molar-refractivity contribution is -0.140. The van der Waals surface area contributed by atoms with Gasteiger partial charge in [0.25, 0.3) is 0 Å². The summed E-state index contributed by atoms with van der Waals surface area (Å²) < 4.78 is 7.65. The molecule has 0 aliphatic heterocycles. The quantitative estimate of drug-likeness (QED) is 0.630. The molecule has 4 heteroatoms. The van der Waals surface area contributed by atoms with E-state index in [2.05, 4.69) is 5.32 Å². The number of hydrogen-bond donors (Lipinski definition) is 3. The molecule has 3 N–H and O–H groups in total. The van der Waals surface area contributed by atoms with Gasteiger partial charge >= 0.3 is 5.97 Å². The van der Waals surface area contributed by atoms with Crippen molar-refractivity contribution in [1.82, 2.24) is 5.32 Å². The van der Waals surface area contributed by atoms with Gasteiger partial charge in [0.2, 0.25) is 0 Å². The zero-order valence-corrected chi connectivity index (χ0v) is 7.55. The summed E-state index contributed by atoms with van der Waals surface area (Å²) in [7, 11) is 0. The van der Waals surface area contributed by atoms with E-state index in [9.17, 15) is 4.79 Å². The van der Waals surface area contributed by atoms with Gasteiger partial charge in [-0.3, -0.25) is 10.1 Å². The van der Waals surface area contributed by atoms with Gasteiger partial charge in [0, 0.05) is 7.89 Å². The number of benzene rings is 1. The first kappa shape index (κ1) is 9.18. The molecule has 0 saturated heterocycles. The number of nitrogens with one attached hydrogen (secondary N) is 1. The minimum Gasteiger partial charge on any atom is -0.480 e. The summed E-state index contributed by atoms with van der Waals surface area (Å²) in [5.41, 5.74) is 0.664. The van der Waals surface area contributed by atoms with Gasteiger partial charge in [-0.2, -0.15) is 0 Å². The van der Waals surface area contributed by atoms with Gasteiger partial charge in [-0.05, 0) is 5.56 Å². The second-order valence-electron chi connectivity index (χ2n) is 2.80. The lowest BCUT2D eigenvalue weighted by atomic mass is 10.2. The Kier molecular flexibility index (Phi) is 3.52. The highest BCUT2D eigenvalue weighted by Crippen LogP contribution is 1.98. The van der Waals surface area contributed by atoms with Crippen molar-refractivity contribution in [1.29, 1.82) is 0 Å². The molecule has 0 aromatic heterocycles. The first-order chi connectivity index (χ1) is 7.15. The third kappa shape index (κ3) is 3.16. The molecule has 0 radical (unpaired) electrons. The number of aliphatic hydroxyl groups is 1. The number of carboxylic acids is 1. The molecule has 0 bridgehead atoms. The number of carboxylic acid groups (broad SMARTS) is 1. The van der Waals surface area contributed by atoms with Crippen molar-refractivity contribution in [3.05, 3.63) is 35.9 Å². The molecule has 2 atom stereocenters. The summed E-state index contributed by atoms with van der Waals surface area (Å²) in [6.45, 7) is -1.38. The van der Waals surface area contributed by atoms with Crippen molar-refractivity contribution >= 4 is 5.97 Å². The van der Waals surface area contributed by atoms with Crippen LogP contribution < -0.4 is 5.32 Å². The van der Waals surface area contributed by atoms with E-state index in [-0.39, 0.29) is 0 Å². The van der Waals surface area contributed by atoms with Crippen molar-refractivity contribution in [2.24, 2.45) is 0 Å². The predicted octanol–water partition coefficient (Wildman–Crippen LogP) is 0.222. The standard InChI is InChI=1S/C10H13NO3/c12-7-9(10(13)14)11-6-8-4-2-1-3-5-8/h1-5,9,11-12H,6-7H2,(H,13,14)/t9-/m0/s1/i6D/t6?,9-. The molecule has 0 saturated carbocycles. The Bertz CT molecular complexity index is 318. The fraction of sp³-hybridized carbons (Fsp3) is 0.300. The molecule has 1 aromatic carbocycles. The van der Waals surface area contributed by atoms with Crippen LogP contribution in [-0.4, -0.2) is 28.8 Å². The lowest BCUT2D eigenvalue weighted by Gasteiger charge is -2.10. The number of rotatable bonds is 5. The molecule has 0 heterocycles. The van der Waals surface area contributed by atoms with Crippen LogP contribution in [0.25, 0.3) is 0 Å². The zero-order chi connectivity index (χ0) is 11.3. The van der Waals surface area contributed by atoms with Crippen molar-refractivity contribution in [2.45, 2.75) is 12.6 Å². The van der Waals surface area contributed by atoms with E-state index in [4.69, 9.17) is 11.6 Å². The molecule has 1 aromatic rings. The number of hydrogen-bond acceptors (Lipinski definition) is 3. The van der Waals surface area contributed by atoms with Crippen LogP contribution in [0.3, 0.4) is 0 Å². The SMILES string of the molecule is [2H]C(N[C@@H](CO)C(=O)O)c1ccccc1. The molecule has 1 rings (SSSR count). The third-order valence-corrected chi connectivity index (χ3v) is 1.73. The van der Waals surface area contributed by atoms with E-state index < -0.39 is 25.1 Å². The molecule has 14 heavy (non-hydrogen) atoms. The Morgan fingerprint density at radius 3 is 2.64 bits per heavy atom. The first-order valence-electron chi connectivity index (χ1n) is 4.79. The van der Waals surface area contributed by atoms with E-state index in [1.54, 1.807) is 24.3 Å². The molecule has 0 amide bonds. The minimum atomic E-state index is -1.16. The van der Waals surface area contributed by atoms with Crippen molar-refractivity contribution in [3.63, 3.8) is 0 Å². The number of carbonyl (C=O) groups is 1. The summed E-state index contributed by atoms with van der Waals surface area (Å²) in [5.74, 6) is -1.16. The molecule has 1 unspecified atom stereocenters. The van der Waals surface area contributed by atoms with Crippen LogP contribution >= 0.6 is 0 Å². The second kappa shape index (κ2) is 5.36. The second-order valence-corrected chi connectivity index (χ2v) is 2.80. The van der Waals surface area contributed by atoms with Crippen LogP contribution in [0.5, 0.6) is 0 Å². The molecule has 4 nitrogen and oxygen atoms in total. The van der Waals surface area contributed by atoms with Gasteiger partial charge in [-0.25, -0.2) is 0 Å². The Morgan fingerprint density at radius 1 is 1.50 bits per heavy atom. The highest BCUT2D eigenvalue weighted by atomic mass is 16.4. The van der Waals surface area contributed by atoms with Crippen LogP contribution in [0.2, 0.25) is 0 Å². The van der Waals surface area contributed by atoms with Gasteiger partial charge in [-0.15, -0.1) is 0 Å². The largest absolute Gasteiger partial charge is 0.480 e. The van der Waals surface area contributed by atoms with Crippen molar-refractivity contribution in [3.8, 4) is 0 Å². The van der Waals surface area contributed by atoms with E-state index in [0.717, 1.165) is 0 Å². The van der Waals surface area contributed by atoms with Gasteiger partial charge in [0.1, 0.15) is 6.04 Å². The van der Waals surface area contributed by atoms with Gasteiger partial charge in [0.05, 0.1) is 6.61 Å². The van der Waals surface area contributed by atoms with Crippen molar-refractivity contribution in [2.75, 3.05) is 6.61 Å². The smallest absolute Gasteiger partial charge is 0.323 e. The number of aliphatic hydroxyl groups excluding tert-OH is 1. The molecule has 0 aliphatic rings. The van der Waals surface area contributed by atoms with Crippen LogP contribution in [-0.2, 0) is 11.3 Å². The maximum Gasteiger partial charge on any atom is 0.323 e. The minimum absolute atomic E-state index is 0.530. The Labute approximate surface area is 83.6 Å². The summed E-state index contributed by atoms with van der Waals surface area (Å²) >= 11 is 0. The topological polar surface area (TPSA) is 69.6 Å². The number of aliphatic carboxylic acids is 1. The highest BCUT2D eigenvalue weighted by Gasteiger charge is 2.14. The van der Waals surface area contributed by atoms with E-state index in [1.165, 1.54) is 0 Å². The van der Waals surface area contributed by atoms with E-state index in [1.807, 2.05) is 6.07 Å². The van der Waals surface area contributed by atoms with Crippen molar-refractivity contribution < 1.29 is 16.4 Å². The Balaban J connectivity index is 2.62. The van der Waals surface area contributed by atoms with E-state index in [0.29, 0.717) is 5.56 Å². The fourth-order valence-corrected chi connectivity index (χ4v) is 0.948. The summed E-state index contributed by atoms with van der Waals surface area (Å²) in [5, 5.41) is 19.9. The molecule has 76 valence electrons.